The predicted octanol–water partition coefficient (Wildman–Crippen LogP) is 2.19. The number of hydrogen-bond donors (Lipinski definition) is 2. The molecule has 1 aromatic carbocycles. The Morgan fingerprint density at radius 3 is 2.12 bits per heavy atom. The Morgan fingerprint density at radius 2 is 1.69 bits per heavy atom. The minimum atomic E-state index is -0.332. The first-order valence-electron chi connectivity index (χ1n) is 5.75. The molecule has 2 heteroatoms. The SMILES string of the molecule is CC(C)(C)c1cccc(C(C)(CN)CO)c1. The van der Waals surface area contributed by atoms with E-state index >= 15 is 0 Å². The molecule has 0 heterocycles. The third-order valence-corrected chi connectivity index (χ3v) is 3.23. The van der Waals surface area contributed by atoms with E-state index in [1.54, 1.807) is 0 Å². The average molecular weight is 221 g/mol. The summed E-state index contributed by atoms with van der Waals surface area (Å²) in [5.41, 5.74) is 7.93. The van der Waals surface area contributed by atoms with Gasteiger partial charge in [-0.05, 0) is 16.5 Å². The molecule has 3 N–H and O–H groups in total. The molecule has 0 radical (unpaired) electrons. The summed E-state index contributed by atoms with van der Waals surface area (Å²) < 4.78 is 0. The molecule has 1 atom stereocenters. The lowest BCUT2D eigenvalue weighted by atomic mass is 9.79. The maximum absolute atomic E-state index is 9.45. The van der Waals surface area contributed by atoms with Gasteiger partial charge >= 0.3 is 0 Å². The summed E-state index contributed by atoms with van der Waals surface area (Å²) in [5, 5.41) is 9.45. The van der Waals surface area contributed by atoms with Gasteiger partial charge in [-0.2, -0.15) is 0 Å². The Kier molecular flexibility index (Phi) is 3.76. The van der Waals surface area contributed by atoms with Gasteiger partial charge in [0.2, 0.25) is 0 Å². The van der Waals surface area contributed by atoms with Gasteiger partial charge < -0.3 is 10.8 Å². The van der Waals surface area contributed by atoms with Gasteiger partial charge in [0.05, 0.1) is 6.61 Å². The third kappa shape index (κ3) is 2.63. The Bertz CT molecular complexity index is 348. The van der Waals surface area contributed by atoms with Crippen LogP contribution in [0.5, 0.6) is 0 Å². The number of aliphatic hydroxyl groups is 1. The highest BCUT2D eigenvalue weighted by Crippen LogP contribution is 2.28. The third-order valence-electron chi connectivity index (χ3n) is 3.23. The molecular weight excluding hydrogens is 198 g/mol. The second kappa shape index (κ2) is 4.56. The van der Waals surface area contributed by atoms with Crippen LogP contribution in [-0.4, -0.2) is 18.3 Å². The molecule has 2 nitrogen and oxygen atoms in total. The van der Waals surface area contributed by atoms with E-state index in [-0.39, 0.29) is 17.4 Å². The summed E-state index contributed by atoms with van der Waals surface area (Å²) in [4.78, 5) is 0. The van der Waals surface area contributed by atoms with Crippen molar-refractivity contribution in [2.24, 2.45) is 5.73 Å². The lowest BCUT2D eigenvalue weighted by Crippen LogP contribution is -2.35. The van der Waals surface area contributed by atoms with Crippen molar-refractivity contribution in [1.29, 1.82) is 0 Å². The number of hydrogen-bond acceptors (Lipinski definition) is 2. The van der Waals surface area contributed by atoms with Crippen molar-refractivity contribution in [1.82, 2.24) is 0 Å². The van der Waals surface area contributed by atoms with E-state index in [1.165, 1.54) is 5.56 Å². The average Bonchev–Trinajstić information content (AvgIpc) is 2.27. The van der Waals surface area contributed by atoms with Crippen LogP contribution in [0.15, 0.2) is 24.3 Å². The van der Waals surface area contributed by atoms with Crippen molar-refractivity contribution in [3.63, 3.8) is 0 Å². The van der Waals surface area contributed by atoms with Crippen LogP contribution in [0, 0.1) is 0 Å². The summed E-state index contributed by atoms with van der Waals surface area (Å²) in [7, 11) is 0. The predicted molar refractivity (Wildman–Crippen MR) is 68.6 cm³/mol. The van der Waals surface area contributed by atoms with E-state index in [2.05, 4.69) is 32.9 Å². The maximum Gasteiger partial charge on any atom is 0.0537 e. The molecule has 0 aliphatic heterocycles. The molecule has 0 saturated heterocycles. The highest BCUT2D eigenvalue weighted by Gasteiger charge is 2.25. The molecule has 1 rings (SSSR count). The molecule has 0 amide bonds. The molecule has 0 aromatic heterocycles. The zero-order valence-electron chi connectivity index (χ0n) is 10.7. The fraction of sp³-hybridized carbons (Fsp3) is 0.571. The van der Waals surface area contributed by atoms with Crippen molar-refractivity contribution < 1.29 is 5.11 Å². The summed E-state index contributed by atoms with van der Waals surface area (Å²) in [6.07, 6.45) is 0. The summed E-state index contributed by atoms with van der Waals surface area (Å²) in [5.74, 6) is 0. The molecule has 1 aromatic rings. The van der Waals surface area contributed by atoms with Crippen molar-refractivity contribution in [3.05, 3.63) is 35.4 Å². The standard InChI is InChI=1S/C14H23NO/c1-13(2,3)11-6-5-7-12(8-11)14(4,9-15)10-16/h5-8,16H,9-10,15H2,1-4H3. The van der Waals surface area contributed by atoms with Crippen LogP contribution in [0.1, 0.15) is 38.8 Å². The van der Waals surface area contributed by atoms with Gasteiger partial charge in [-0.3, -0.25) is 0 Å². The van der Waals surface area contributed by atoms with Crippen LogP contribution in [0.2, 0.25) is 0 Å². The summed E-state index contributed by atoms with van der Waals surface area (Å²) in [6, 6.07) is 8.36. The first-order chi connectivity index (χ1) is 7.33. The topological polar surface area (TPSA) is 46.2 Å². The molecule has 0 bridgehead atoms. The smallest absolute Gasteiger partial charge is 0.0537 e. The monoisotopic (exact) mass is 221 g/mol. The second-order valence-electron chi connectivity index (χ2n) is 5.75. The van der Waals surface area contributed by atoms with Crippen molar-refractivity contribution in [2.75, 3.05) is 13.2 Å². The lowest BCUT2D eigenvalue weighted by Gasteiger charge is -2.28. The molecule has 16 heavy (non-hydrogen) atoms. The van der Waals surface area contributed by atoms with E-state index < -0.39 is 0 Å². The molecule has 0 aliphatic rings. The van der Waals surface area contributed by atoms with Crippen molar-refractivity contribution in [3.8, 4) is 0 Å². The zero-order valence-corrected chi connectivity index (χ0v) is 10.7. The quantitative estimate of drug-likeness (QED) is 0.822. The Balaban J connectivity index is 3.17. The molecule has 1 unspecified atom stereocenters. The highest BCUT2D eigenvalue weighted by atomic mass is 16.3. The Morgan fingerprint density at radius 1 is 1.12 bits per heavy atom. The fourth-order valence-electron chi connectivity index (χ4n) is 1.63. The summed E-state index contributed by atoms with van der Waals surface area (Å²) >= 11 is 0. The van der Waals surface area contributed by atoms with E-state index in [9.17, 15) is 5.11 Å². The van der Waals surface area contributed by atoms with Crippen LogP contribution in [0.3, 0.4) is 0 Å². The van der Waals surface area contributed by atoms with E-state index in [0.29, 0.717) is 6.54 Å². The van der Waals surface area contributed by atoms with E-state index in [0.717, 1.165) is 5.56 Å². The van der Waals surface area contributed by atoms with Crippen molar-refractivity contribution in [2.45, 2.75) is 38.5 Å². The van der Waals surface area contributed by atoms with Crippen LogP contribution in [0.25, 0.3) is 0 Å². The number of rotatable bonds is 3. The minimum absolute atomic E-state index is 0.0805. The number of benzene rings is 1. The number of nitrogens with two attached hydrogens (primary N) is 1. The fourth-order valence-corrected chi connectivity index (χ4v) is 1.63. The van der Waals surface area contributed by atoms with E-state index in [4.69, 9.17) is 5.73 Å². The van der Waals surface area contributed by atoms with Crippen LogP contribution < -0.4 is 5.73 Å². The first-order valence-corrected chi connectivity index (χ1v) is 5.75. The van der Waals surface area contributed by atoms with Gasteiger partial charge in [0.15, 0.2) is 0 Å². The lowest BCUT2D eigenvalue weighted by molar-refractivity contribution is 0.210. The summed E-state index contributed by atoms with van der Waals surface area (Å²) in [6.45, 7) is 9.09. The Hall–Kier alpha value is -0.860. The molecular formula is C14H23NO. The van der Waals surface area contributed by atoms with Crippen LogP contribution in [-0.2, 0) is 10.8 Å². The normalized spacial score (nSPS) is 15.9. The molecule has 0 spiro atoms. The van der Waals surface area contributed by atoms with Crippen LogP contribution in [0.4, 0.5) is 0 Å². The van der Waals surface area contributed by atoms with Gasteiger partial charge in [0, 0.05) is 12.0 Å². The maximum atomic E-state index is 9.45. The highest BCUT2D eigenvalue weighted by molar-refractivity contribution is 5.33. The molecule has 0 saturated carbocycles. The Labute approximate surface area is 98.5 Å². The van der Waals surface area contributed by atoms with Gasteiger partial charge in [-0.25, -0.2) is 0 Å². The first kappa shape index (κ1) is 13.2. The molecule has 90 valence electrons. The van der Waals surface area contributed by atoms with Gasteiger partial charge in [0.1, 0.15) is 0 Å². The van der Waals surface area contributed by atoms with E-state index in [1.807, 2.05) is 19.1 Å². The second-order valence-corrected chi connectivity index (χ2v) is 5.75. The van der Waals surface area contributed by atoms with Crippen LogP contribution >= 0.6 is 0 Å². The van der Waals surface area contributed by atoms with Gasteiger partial charge in [-0.15, -0.1) is 0 Å². The molecule has 0 fully saturated rings. The molecule has 0 aliphatic carbocycles. The minimum Gasteiger partial charge on any atom is -0.395 e. The zero-order chi connectivity index (χ0) is 12.4. The van der Waals surface area contributed by atoms with Gasteiger partial charge in [0.25, 0.3) is 0 Å². The number of aliphatic hydroxyl groups excluding tert-OH is 1. The largest absolute Gasteiger partial charge is 0.395 e. The van der Waals surface area contributed by atoms with Crippen molar-refractivity contribution >= 4 is 0 Å². The van der Waals surface area contributed by atoms with Gasteiger partial charge in [-0.1, -0.05) is 52.0 Å².